The Kier molecular flexibility index (Phi) is 7.04. The van der Waals surface area contributed by atoms with E-state index < -0.39 is 11.3 Å². The van der Waals surface area contributed by atoms with Crippen LogP contribution in [0.15, 0.2) is 91.0 Å². The van der Waals surface area contributed by atoms with Crippen LogP contribution < -0.4 is 21.2 Å². The monoisotopic (exact) mass is 529 g/mol. The molecule has 1 aliphatic rings. The molecule has 1 N–H and O–H groups in total. The van der Waals surface area contributed by atoms with Gasteiger partial charge in [-0.15, -0.1) is 0 Å². The van der Waals surface area contributed by atoms with Gasteiger partial charge in [-0.1, -0.05) is 0 Å². The molecule has 1 atom stereocenters. The molecule has 0 spiro atoms. The van der Waals surface area contributed by atoms with Gasteiger partial charge >= 0.3 is 201 Å². The van der Waals surface area contributed by atoms with Gasteiger partial charge in [0.05, 0.1) is 0 Å². The summed E-state index contributed by atoms with van der Waals surface area (Å²) in [5, 5.41) is 3.18. The van der Waals surface area contributed by atoms with Crippen molar-refractivity contribution in [1.29, 1.82) is 0 Å². The molecule has 4 nitrogen and oxygen atoms in total. The van der Waals surface area contributed by atoms with E-state index in [4.69, 9.17) is 4.74 Å². The molecule has 1 amide bonds. The van der Waals surface area contributed by atoms with Crippen molar-refractivity contribution in [3.05, 3.63) is 91.0 Å². The Morgan fingerprint density at radius 2 is 1.38 bits per heavy atom. The Hall–Kier alpha value is -2.14. The molecule has 0 saturated carbocycles. The maximum absolute atomic E-state index is 12.4. The average molecular weight is 530 g/mol. The van der Waals surface area contributed by atoms with E-state index in [1.54, 1.807) is 0 Å². The zero-order valence-corrected chi connectivity index (χ0v) is 20.8. The van der Waals surface area contributed by atoms with Gasteiger partial charge in [0.1, 0.15) is 0 Å². The summed E-state index contributed by atoms with van der Waals surface area (Å²) in [4.78, 5) is 23.7. The quantitative estimate of drug-likeness (QED) is 0.263. The third-order valence-electron chi connectivity index (χ3n) is 5.81. The zero-order chi connectivity index (χ0) is 22.5. The molecular formula is C25H25BrNO3PS. The normalized spacial score (nSPS) is 17.2. The van der Waals surface area contributed by atoms with Gasteiger partial charge in [-0.25, -0.2) is 0 Å². The molecule has 32 heavy (non-hydrogen) atoms. The second kappa shape index (κ2) is 9.78. The summed E-state index contributed by atoms with van der Waals surface area (Å²) in [7, 11) is 0. The Labute approximate surface area is 200 Å². The number of esters is 1. The first kappa shape index (κ1) is 23.0. The maximum atomic E-state index is 12.4. The standard InChI is InChI=1S/C25H25BrNO3PS/c26-31(20-11-4-1-5-12-20,21-13-6-2-7-14-21,22-15-8-3-9-16-22)18-10-17-30-24(28)23-19-32-25(29)27-23/h1-9,11-16,23H,10,17-19H2,(H,27,29)/t23-/m0/s1. The molecule has 166 valence electrons. The third kappa shape index (κ3) is 4.36. The van der Waals surface area contributed by atoms with Crippen LogP contribution in [0.4, 0.5) is 4.79 Å². The van der Waals surface area contributed by atoms with Crippen LogP contribution in [0.2, 0.25) is 0 Å². The summed E-state index contributed by atoms with van der Waals surface area (Å²) in [5.74, 6) is 0.0607. The van der Waals surface area contributed by atoms with Gasteiger partial charge in [-0.3, -0.25) is 0 Å². The number of amides is 1. The van der Waals surface area contributed by atoms with E-state index in [-0.39, 0.29) is 11.2 Å². The van der Waals surface area contributed by atoms with E-state index in [1.165, 1.54) is 15.9 Å². The summed E-state index contributed by atoms with van der Waals surface area (Å²) < 4.78 is 5.56. The van der Waals surface area contributed by atoms with Gasteiger partial charge in [0, 0.05) is 0 Å². The molecule has 0 aromatic heterocycles. The van der Waals surface area contributed by atoms with E-state index in [1.807, 2.05) is 18.2 Å². The van der Waals surface area contributed by atoms with Crippen molar-refractivity contribution < 1.29 is 14.3 Å². The van der Waals surface area contributed by atoms with Crippen LogP contribution in [-0.4, -0.2) is 35.8 Å². The Balaban J connectivity index is 1.67. The fourth-order valence-corrected chi connectivity index (χ4v) is 12.6. The molecule has 7 heteroatoms. The number of benzene rings is 3. The van der Waals surface area contributed by atoms with Crippen LogP contribution >= 0.6 is 32.6 Å². The third-order valence-corrected chi connectivity index (χ3v) is 16.7. The fourth-order valence-electron chi connectivity index (χ4n) is 4.20. The summed E-state index contributed by atoms with van der Waals surface area (Å²) in [6.45, 7) is 0.297. The van der Waals surface area contributed by atoms with Crippen molar-refractivity contribution >= 4 is 59.7 Å². The zero-order valence-electron chi connectivity index (χ0n) is 17.5. The Bertz CT molecular complexity index is 983. The summed E-state index contributed by atoms with van der Waals surface area (Å²) >= 11 is 5.51. The van der Waals surface area contributed by atoms with Gasteiger partial charge in [-0.05, 0) is 0 Å². The van der Waals surface area contributed by atoms with Crippen LogP contribution in [0.25, 0.3) is 0 Å². The van der Waals surface area contributed by atoms with Crippen molar-refractivity contribution in [2.45, 2.75) is 12.5 Å². The average Bonchev–Trinajstić information content (AvgIpc) is 3.30. The predicted octanol–water partition coefficient (Wildman–Crippen LogP) is 4.58. The van der Waals surface area contributed by atoms with Crippen molar-refractivity contribution in [1.82, 2.24) is 5.32 Å². The molecule has 0 aliphatic carbocycles. The SMILES string of the molecule is O=C1N[C@H](C(=O)OCCCP(Br)(c2ccccc2)(c2ccccc2)c2ccccc2)CS1. The number of carbonyl (C=O) groups excluding carboxylic acids is 2. The first-order valence-corrected chi connectivity index (χ1v) is 15.9. The fraction of sp³-hybridized carbons (Fsp3) is 0.200. The van der Waals surface area contributed by atoms with Crippen molar-refractivity contribution in [2.24, 2.45) is 0 Å². The van der Waals surface area contributed by atoms with Gasteiger partial charge < -0.3 is 0 Å². The molecule has 1 aliphatic heterocycles. The van der Waals surface area contributed by atoms with Gasteiger partial charge in [-0.2, -0.15) is 0 Å². The Morgan fingerprint density at radius 1 is 0.906 bits per heavy atom. The topological polar surface area (TPSA) is 55.4 Å². The van der Waals surface area contributed by atoms with E-state index in [0.29, 0.717) is 18.8 Å². The first-order chi connectivity index (χ1) is 15.5. The molecule has 1 heterocycles. The van der Waals surface area contributed by atoms with Gasteiger partial charge in [0.2, 0.25) is 0 Å². The van der Waals surface area contributed by atoms with Crippen LogP contribution in [0.5, 0.6) is 0 Å². The Morgan fingerprint density at radius 3 is 1.78 bits per heavy atom. The number of nitrogens with one attached hydrogen (secondary N) is 1. The molecule has 3 aromatic rings. The van der Waals surface area contributed by atoms with E-state index in [9.17, 15) is 9.59 Å². The molecule has 3 aromatic carbocycles. The number of carbonyl (C=O) groups is 2. The molecule has 0 bridgehead atoms. The van der Waals surface area contributed by atoms with Crippen molar-refractivity contribution in [2.75, 3.05) is 18.5 Å². The molecule has 1 fully saturated rings. The number of thioether (sulfide) groups is 1. The molecule has 0 radical (unpaired) electrons. The molecular weight excluding hydrogens is 505 g/mol. The van der Waals surface area contributed by atoms with Gasteiger partial charge in [0.15, 0.2) is 0 Å². The minimum atomic E-state index is -3.01. The first-order valence-electron chi connectivity index (χ1n) is 10.5. The summed E-state index contributed by atoms with van der Waals surface area (Å²) in [6, 6.07) is 31.1. The van der Waals surface area contributed by atoms with Crippen molar-refractivity contribution in [3.8, 4) is 0 Å². The van der Waals surface area contributed by atoms with E-state index >= 15 is 0 Å². The van der Waals surface area contributed by atoms with Gasteiger partial charge in [0.25, 0.3) is 0 Å². The van der Waals surface area contributed by atoms with Crippen LogP contribution in [0.1, 0.15) is 6.42 Å². The minimum absolute atomic E-state index is 0.172. The van der Waals surface area contributed by atoms with E-state index in [2.05, 4.69) is 93.6 Å². The molecule has 1 saturated heterocycles. The molecule has 4 rings (SSSR count). The van der Waals surface area contributed by atoms with Crippen LogP contribution in [-0.2, 0) is 9.53 Å². The predicted molar refractivity (Wildman–Crippen MR) is 139 cm³/mol. The number of hydrogen-bond donors (Lipinski definition) is 1. The van der Waals surface area contributed by atoms with Crippen LogP contribution in [0.3, 0.4) is 0 Å². The summed E-state index contributed by atoms with van der Waals surface area (Å²) in [5.41, 5.74) is 0. The second-order valence-corrected chi connectivity index (χ2v) is 17.8. The number of halogens is 1. The molecule has 0 unspecified atom stereocenters. The second-order valence-electron chi connectivity index (χ2n) is 7.73. The number of ether oxygens (including phenoxy) is 1. The number of rotatable bonds is 8. The van der Waals surface area contributed by atoms with Crippen LogP contribution in [0, 0.1) is 0 Å². The number of hydrogen-bond acceptors (Lipinski definition) is 4. The van der Waals surface area contributed by atoms with E-state index in [0.717, 1.165) is 17.9 Å². The summed E-state index contributed by atoms with van der Waals surface area (Å²) in [6.07, 6.45) is 1.48. The van der Waals surface area contributed by atoms with Crippen molar-refractivity contribution in [3.63, 3.8) is 0 Å².